The second-order valence-electron chi connectivity index (χ2n) is 3.45. The summed E-state index contributed by atoms with van der Waals surface area (Å²) in [7, 11) is 0. The van der Waals surface area contributed by atoms with Crippen molar-refractivity contribution >= 4 is 11.9 Å². The minimum atomic E-state index is -1.19. The Morgan fingerprint density at radius 3 is 2.41 bits per heavy atom. The van der Waals surface area contributed by atoms with Crippen LogP contribution in [0.3, 0.4) is 0 Å². The molecule has 1 atom stereocenters. The SMILES string of the molecule is C[C@@H](NC(=O)/C=C/C(=O)O)c1ccc(F)cc1. The lowest BCUT2D eigenvalue weighted by Crippen LogP contribution is -2.24. The molecule has 0 spiro atoms. The molecule has 0 saturated heterocycles. The van der Waals surface area contributed by atoms with Crippen LogP contribution in [0, 0.1) is 5.82 Å². The number of hydrogen-bond acceptors (Lipinski definition) is 2. The summed E-state index contributed by atoms with van der Waals surface area (Å²) in [4.78, 5) is 21.5. The molecule has 0 aliphatic rings. The second kappa shape index (κ2) is 5.79. The molecule has 1 aromatic rings. The molecule has 0 aliphatic carbocycles. The number of amides is 1. The first-order valence-electron chi connectivity index (χ1n) is 4.96. The van der Waals surface area contributed by atoms with Crippen LogP contribution in [-0.2, 0) is 9.59 Å². The van der Waals surface area contributed by atoms with Crippen molar-refractivity contribution in [2.45, 2.75) is 13.0 Å². The molecule has 0 aliphatic heterocycles. The Kier molecular flexibility index (Phi) is 4.39. The Morgan fingerprint density at radius 2 is 1.88 bits per heavy atom. The van der Waals surface area contributed by atoms with Gasteiger partial charge in [0.15, 0.2) is 0 Å². The minimum Gasteiger partial charge on any atom is -0.478 e. The zero-order valence-electron chi connectivity index (χ0n) is 9.18. The Balaban J connectivity index is 2.60. The number of carbonyl (C=O) groups excluding carboxylic acids is 1. The van der Waals surface area contributed by atoms with Crippen LogP contribution in [0.5, 0.6) is 0 Å². The van der Waals surface area contributed by atoms with Gasteiger partial charge in [0.25, 0.3) is 0 Å². The van der Waals surface area contributed by atoms with Crippen LogP contribution >= 0.6 is 0 Å². The summed E-state index contributed by atoms with van der Waals surface area (Å²) in [6.07, 6.45) is 1.69. The van der Waals surface area contributed by atoms with Crippen LogP contribution in [0.2, 0.25) is 0 Å². The zero-order chi connectivity index (χ0) is 12.8. The van der Waals surface area contributed by atoms with Gasteiger partial charge in [-0.3, -0.25) is 4.79 Å². The van der Waals surface area contributed by atoms with Crippen LogP contribution < -0.4 is 5.32 Å². The lowest BCUT2D eigenvalue weighted by molar-refractivity contribution is -0.131. The smallest absolute Gasteiger partial charge is 0.328 e. The third-order valence-corrected chi connectivity index (χ3v) is 2.11. The second-order valence-corrected chi connectivity index (χ2v) is 3.45. The Bertz CT molecular complexity index is 440. The van der Waals surface area contributed by atoms with Crippen molar-refractivity contribution in [3.8, 4) is 0 Å². The first-order chi connectivity index (χ1) is 7.99. The summed E-state index contributed by atoms with van der Waals surface area (Å²) in [6.45, 7) is 1.72. The number of hydrogen-bond donors (Lipinski definition) is 2. The van der Waals surface area contributed by atoms with E-state index in [2.05, 4.69) is 5.32 Å². The van der Waals surface area contributed by atoms with Gasteiger partial charge in [-0.15, -0.1) is 0 Å². The van der Waals surface area contributed by atoms with Gasteiger partial charge >= 0.3 is 5.97 Å². The first kappa shape index (κ1) is 12.9. The minimum absolute atomic E-state index is 0.318. The van der Waals surface area contributed by atoms with Crippen LogP contribution in [0.1, 0.15) is 18.5 Å². The van der Waals surface area contributed by atoms with Gasteiger partial charge < -0.3 is 10.4 Å². The highest BCUT2D eigenvalue weighted by Gasteiger charge is 2.07. The normalized spacial score (nSPS) is 12.4. The molecule has 0 unspecified atom stereocenters. The van der Waals surface area contributed by atoms with Crippen molar-refractivity contribution in [3.05, 3.63) is 47.8 Å². The number of carbonyl (C=O) groups is 2. The summed E-state index contributed by atoms with van der Waals surface area (Å²) in [5.74, 6) is -2.04. The molecule has 1 aromatic carbocycles. The largest absolute Gasteiger partial charge is 0.478 e. The number of benzene rings is 1. The number of aliphatic carboxylic acids is 1. The van der Waals surface area contributed by atoms with E-state index in [0.717, 1.165) is 17.7 Å². The highest BCUT2D eigenvalue weighted by Crippen LogP contribution is 2.12. The highest BCUT2D eigenvalue weighted by molar-refractivity contribution is 5.94. The fraction of sp³-hybridized carbons (Fsp3) is 0.167. The predicted octanol–water partition coefficient (Wildman–Crippen LogP) is 1.64. The Morgan fingerprint density at radius 1 is 1.29 bits per heavy atom. The summed E-state index contributed by atoms with van der Waals surface area (Å²) in [5.41, 5.74) is 0.739. The molecule has 0 heterocycles. The van der Waals surface area contributed by atoms with Gasteiger partial charge in [0.05, 0.1) is 6.04 Å². The van der Waals surface area contributed by atoms with E-state index in [9.17, 15) is 14.0 Å². The van der Waals surface area contributed by atoms with Crippen LogP contribution in [0.15, 0.2) is 36.4 Å². The average Bonchev–Trinajstić information content (AvgIpc) is 2.27. The van der Waals surface area contributed by atoms with E-state index in [1.807, 2.05) is 0 Å². The van der Waals surface area contributed by atoms with Gasteiger partial charge in [-0.05, 0) is 24.6 Å². The molecule has 1 amide bonds. The summed E-state index contributed by atoms with van der Waals surface area (Å²) < 4.78 is 12.7. The number of nitrogens with one attached hydrogen (secondary N) is 1. The topological polar surface area (TPSA) is 66.4 Å². The number of carboxylic acids is 1. The monoisotopic (exact) mass is 237 g/mol. The van der Waals surface area contributed by atoms with Crippen molar-refractivity contribution in [2.24, 2.45) is 0 Å². The Labute approximate surface area is 97.8 Å². The van der Waals surface area contributed by atoms with E-state index >= 15 is 0 Å². The van der Waals surface area contributed by atoms with Crippen LogP contribution in [0.25, 0.3) is 0 Å². The molecular formula is C12H12FNO3. The average molecular weight is 237 g/mol. The van der Waals surface area contributed by atoms with Gasteiger partial charge in [-0.1, -0.05) is 12.1 Å². The first-order valence-corrected chi connectivity index (χ1v) is 4.96. The van der Waals surface area contributed by atoms with E-state index in [0.29, 0.717) is 0 Å². The Hall–Kier alpha value is -2.17. The number of halogens is 1. The number of rotatable bonds is 4. The molecular weight excluding hydrogens is 225 g/mol. The maximum atomic E-state index is 12.7. The fourth-order valence-electron chi connectivity index (χ4n) is 1.24. The molecule has 0 aromatic heterocycles. The predicted molar refractivity (Wildman–Crippen MR) is 59.7 cm³/mol. The molecule has 17 heavy (non-hydrogen) atoms. The molecule has 0 radical (unpaired) electrons. The van der Waals surface area contributed by atoms with Gasteiger partial charge in [-0.2, -0.15) is 0 Å². The summed E-state index contributed by atoms with van der Waals surface area (Å²) >= 11 is 0. The van der Waals surface area contributed by atoms with E-state index in [1.54, 1.807) is 19.1 Å². The van der Waals surface area contributed by atoms with Gasteiger partial charge in [0.2, 0.25) is 5.91 Å². The molecule has 0 saturated carbocycles. The molecule has 90 valence electrons. The zero-order valence-corrected chi connectivity index (χ0v) is 9.18. The van der Waals surface area contributed by atoms with E-state index in [4.69, 9.17) is 5.11 Å². The quantitative estimate of drug-likeness (QED) is 0.782. The maximum absolute atomic E-state index is 12.7. The van der Waals surface area contributed by atoms with Crippen molar-refractivity contribution in [1.29, 1.82) is 0 Å². The van der Waals surface area contributed by atoms with Gasteiger partial charge in [0, 0.05) is 12.2 Å². The lowest BCUT2D eigenvalue weighted by Gasteiger charge is -2.12. The fourth-order valence-corrected chi connectivity index (χ4v) is 1.24. The van der Waals surface area contributed by atoms with Crippen molar-refractivity contribution in [1.82, 2.24) is 5.32 Å². The highest BCUT2D eigenvalue weighted by atomic mass is 19.1. The van der Waals surface area contributed by atoms with Crippen molar-refractivity contribution in [3.63, 3.8) is 0 Å². The lowest BCUT2D eigenvalue weighted by atomic mass is 10.1. The molecule has 5 heteroatoms. The van der Waals surface area contributed by atoms with Gasteiger partial charge in [0.1, 0.15) is 5.82 Å². The van der Waals surface area contributed by atoms with E-state index < -0.39 is 11.9 Å². The van der Waals surface area contributed by atoms with E-state index in [1.165, 1.54) is 12.1 Å². The van der Waals surface area contributed by atoms with Crippen molar-refractivity contribution < 1.29 is 19.1 Å². The number of carboxylic acid groups (broad SMARTS) is 1. The van der Waals surface area contributed by atoms with Crippen LogP contribution in [0.4, 0.5) is 4.39 Å². The van der Waals surface area contributed by atoms with Gasteiger partial charge in [-0.25, -0.2) is 9.18 Å². The standard InChI is InChI=1S/C12H12FNO3/c1-8(9-2-4-10(13)5-3-9)14-11(15)6-7-12(16)17/h2-8H,1H3,(H,14,15)(H,16,17)/b7-6+/t8-/m1/s1. The summed E-state index contributed by atoms with van der Waals surface area (Å²) in [6, 6.07) is 5.39. The van der Waals surface area contributed by atoms with E-state index in [-0.39, 0.29) is 11.9 Å². The van der Waals surface area contributed by atoms with Crippen molar-refractivity contribution in [2.75, 3.05) is 0 Å². The molecule has 0 bridgehead atoms. The van der Waals surface area contributed by atoms with Crippen LogP contribution in [-0.4, -0.2) is 17.0 Å². The maximum Gasteiger partial charge on any atom is 0.328 e. The third kappa shape index (κ3) is 4.46. The molecule has 4 nitrogen and oxygen atoms in total. The molecule has 2 N–H and O–H groups in total. The summed E-state index contributed by atoms with van der Waals surface area (Å²) in [5, 5.41) is 10.9. The molecule has 0 fully saturated rings. The third-order valence-electron chi connectivity index (χ3n) is 2.11. The molecule has 1 rings (SSSR count).